The van der Waals surface area contributed by atoms with Gasteiger partial charge in [0.2, 0.25) is 5.91 Å². The number of hydrogen-bond acceptors (Lipinski definition) is 6. The molecule has 1 N–H and O–H groups in total. The molecule has 138 valence electrons. The summed E-state index contributed by atoms with van der Waals surface area (Å²) in [6.07, 6.45) is 2.02. The van der Waals surface area contributed by atoms with Gasteiger partial charge in [-0.15, -0.1) is 22.7 Å². The second-order valence-corrected chi connectivity index (χ2v) is 8.49. The summed E-state index contributed by atoms with van der Waals surface area (Å²) in [4.78, 5) is 31.5. The van der Waals surface area contributed by atoms with E-state index in [-0.39, 0.29) is 17.2 Å². The van der Waals surface area contributed by atoms with Crippen LogP contribution in [0.5, 0.6) is 0 Å². The van der Waals surface area contributed by atoms with E-state index in [0.29, 0.717) is 23.6 Å². The summed E-state index contributed by atoms with van der Waals surface area (Å²) < 4.78 is 1.66. The molecule has 1 amide bonds. The molecule has 0 bridgehead atoms. The first-order valence-electron chi connectivity index (χ1n) is 8.61. The number of carbonyl (C=O) groups excluding carboxylic acids is 1. The van der Waals surface area contributed by atoms with E-state index in [1.54, 1.807) is 15.9 Å². The zero-order chi connectivity index (χ0) is 18.5. The lowest BCUT2D eigenvalue weighted by atomic mass is 10.2. The van der Waals surface area contributed by atoms with E-state index in [1.165, 1.54) is 23.1 Å². The number of fused-ring (bicyclic) bond motifs is 1. The minimum absolute atomic E-state index is 0.0223. The van der Waals surface area contributed by atoms with Gasteiger partial charge < -0.3 is 5.32 Å². The molecule has 3 heterocycles. The van der Waals surface area contributed by atoms with Gasteiger partial charge in [-0.05, 0) is 24.8 Å². The van der Waals surface area contributed by atoms with E-state index in [1.807, 2.05) is 29.8 Å². The highest BCUT2D eigenvalue weighted by Crippen LogP contribution is 2.34. The Hall–Kier alpha value is -1.64. The average molecular weight is 408 g/mol. The molecule has 0 atom stereocenters. The van der Waals surface area contributed by atoms with Crippen LogP contribution in [0.2, 0.25) is 0 Å². The number of aromatic nitrogens is 2. The molecule has 0 fully saturated rings. The van der Waals surface area contributed by atoms with E-state index < -0.39 is 0 Å². The summed E-state index contributed by atoms with van der Waals surface area (Å²) in [6.45, 7) is 5.24. The van der Waals surface area contributed by atoms with Crippen LogP contribution in [0.25, 0.3) is 20.7 Å². The fourth-order valence-electron chi connectivity index (χ4n) is 2.59. The number of rotatable bonds is 8. The molecule has 0 aromatic carbocycles. The van der Waals surface area contributed by atoms with Crippen molar-refractivity contribution < 1.29 is 4.79 Å². The highest BCUT2D eigenvalue weighted by molar-refractivity contribution is 7.99. The zero-order valence-electron chi connectivity index (χ0n) is 14.8. The Morgan fingerprint density at radius 2 is 2.19 bits per heavy atom. The van der Waals surface area contributed by atoms with E-state index in [9.17, 15) is 9.59 Å². The molecule has 5 nitrogen and oxygen atoms in total. The molecular formula is C18H21N3O2S3. The van der Waals surface area contributed by atoms with Crippen LogP contribution in [0, 0.1) is 0 Å². The zero-order valence-corrected chi connectivity index (χ0v) is 17.2. The van der Waals surface area contributed by atoms with Crippen molar-refractivity contribution in [3.05, 3.63) is 33.2 Å². The van der Waals surface area contributed by atoms with Crippen LogP contribution in [0.4, 0.5) is 0 Å². The van der Waals surface area contributed by atoms with Crippen molar-refractivity contribution in [2.24, 2.45) is 0 Å². The van der Waals surface area contributed by atoms with Crippen LogP contribution in [0.15, 0.2) is 32.8 Å². The normalized spacial score (nSPS) is 11.2. The van der Waals surface area contributed by atoms with Crippen molar-refractivity contribution in [3.63, 3.8) is 0 Å². The number of amides is 1. The van der Waals surface area contributed by atoms with Crippen molar-refractivity contribution in [1.29, 1.82) is 0 Å². The smallest absolute Gasteiger partial charge is 0.263 e. The van der Waals surface area contributed by atoms with Crippen LogP contribution in [-0.4, -0.2) is 27.8 Å². The van der Waals surface area contributed by atoms with Crippen LogP contribution < -0.4 is 10.9 Å². The molecule has 0 spiro atoms. The predicted octanol–water partition coefficient (Wildman–Crippen LogP) is 4.21. The lowest BCUT2D eigenvalue weighted by molar-refractivity contribution is -0.118. The molecule has 0 radical (unpaired) electrons. The first-order chi connectivity index (χ1) is 12.7. The van der Waals surface area contributed by atoms with Crippen molar-refractivity contribution in [2.75, 3.05) is 12.3 Å². The number of carbonyl (C=O) groups is 1. The van der Waals surface area contributed by atoms with E-state index in [0.717, 1.165) is 28.1 Å². The summed E-state index contributed by atoms with van der Waals surface area (Å²) in [5, 5.41) is 8.18. The Kier molecular flexibility index (Phi) is 6.50. The molecule has 0 unspecified atom stereocenters. The topological polar surface area (TPSA) is 64.0 Å². The molecule has 3 aromatic rings. The molecule has 8 heteroatoms. The van der Waals surface area contributed by atoms with E-state index >= 15 is 0 Å². The van der Waals surface area contributed by atoms with Gasteiger partial charge in [0.25, 0.3) is 5.56 Å². The summed E-state index contributed by atoms with van der Waals surface area (Å²) in [5.74, 6) is 0.246. The van der Waals surface area contributed by atoms with Gasteiger partial charge in [0.1, 0.15) is 4.83 Å². The number of nitrogens with zero attached hydrogens (tertiary/aromatic N) is 2. The number of thioether (sulfide) groups is 1. The Bertz CT molecular complexity index is 945. The Balaban J connectivity index is 1.88. The third kappa shape index (κ3) is 4.02. The van der Waals surface area contributed by atoms with Gasteiger partial charge >= 0.3 is 0 Å². The summed E-state index contributed by atoms with van der Waals surface area (Å²) in [7, 11) is 0. The molecule has 0 aliphatic rings. The second-order valence-electron chi connectivity index (χ2n) is 5.74. The maximum absolute atomic E-state index is 13.0. The van der Waals surface area contributed by atoms with Gasteiger partial charge in [0.15, 0.2) is 5.16 Å². The monoisotopic (exact) mass is 407 g/mol. The molecule has 0 aliphatic heterocycles. The van der Waals surface area contributed by atoms with Gasteiger partial charge in [-0.1, -0.05) is 31.2 Å². The molecule has 3 rings (SSSR count). The third-order valence-corrected chi connectivity index (χ3v) is 6.70. The van der Waals surface area contributed by atoms with Crippen molar-refractivity contribution >= 4 is 50.6 Å². The van der Waals surface area contributed by atoms with Gasteiger partial charge in [0, 0.05) is 28.9 Å². The number of unbranched alkanes of at least 4 members (excludes halogenated alkanes) is 1. The van der Waals surface area contributed by atoms with Crippen LogP contribution in [-0.2, 0) is 11.3 Å². The maximum Gasteiger partial charge on any atom is 0.263 e. The minimum Gasteiger partial charge on any atom is -0.355 e. The first kappa shape index (κ1) is 19.1. The van der Waals surface area contributed by atoms with E-state index in [2.05, 4.69) is 17.2 Å². The Labute approximate surface area is 164 Å². The van der Waals surface area contributed by atoms with Crippen molar-refractivity contribution in [2.45, 2.75) is 38.4 Å². The average Bonchev–Trinajstić information content (AvgIpc) is 3.29. The van der Waals surface area contributed by atoms with Crippen molar-refractivity contribution in [3.8, 4) is 10.4 Å². The molecule has 0 saturated carbocycles. The van der Waals surface area contributed by atoms with E-state index in [4.69, 9.17) is 0 Å². The standard InChI is InChI=1S/C18H21N3O2S3/c1-3-5-8-19-14(22)11-26-18-20-16-15(17(23)21(18)4-2)12(10-25-16)13-7-6-9-24-13/h6-7,9-10H,3-5,8,11H2,1-2H3,(H,19,22). The molecule has 0 saturated heterocycles. The minimum atomic E-state index is -0.0314. The van der Waals surface area contributed by atoms with Gasteiger partial charge in [0.05, 0.1) is 11.1 Å². The summed E-state index contributed by atoms with van der Waals surface area (Å²) >= 11 is 4.42. The first-order valence-corrected chi connectivity index (χ1v) is 11.4. The lowest BCUT2D eigenvalue weighted by Gasteiger charge is -2.10. The SMILES string of the molecule is CCCCNC(=O)CSc1nc2scc(-c3cccs3)c2c(=O)n1CC. The van der Waals surface area contributed by atoms with Crippen LogP contribution in [0.3, 0.4) is 0 Å². The summed E-state index contributed by atoms with van der Waals surface area (Å²) in [6, 6.07) is 4.00. The largest absolute Gasteiger partial charge is 0.355 e. The van der Waals surface area contributed by atoms with Gasteiger partial charge in [-0.3, -0.25) is 14.2 Å². The maximum atomic E-state index is 13.0. The van der Waals surface area contributed by atoms with Crippen LogP contribution >= 0.6 is 34.4 Å². The second kappa shape index (κ2) is 8.83. The fraction of sp³-hybridized carbons (Fsp3) is 0.389. The van der Waals surface area contributed by atoms with Crippen LogP contribution in [0.1, 0.15) is 26.7 Å². The Morgan fingerprint density at radius 3 is 2.88 bits per heavy atom. The highest BCUT2D eigenvalue weighted by Gasteiger charge is 2.17. The predicted molar refractivity (Wildman–Crippen MR) is 112 cm³/mol. The highest BCUT2D eigenvalue weighted by atomic mass is 32.2. The van der Waals surface area contributed by atoms with Gasteiger partial charge in [-0.2, -0.15) is 0 Å². The summed E-state index contributed by atoms with van der Waals surface area (Å²) in [5.41, 5.74) is 0.921. The molecule has 26 heavy (non-hydrogen) atoms. The Morgan fingerprint density at radius 1 is 1.35 bits per heavy atom. The number of hydrogen-bond donors (Lipinski definition) is 1. The number of thiophene rings is 2. The molecule has 3 aromatic heterocycles. The van der Waals surface area contributed by atoms with Gasteiger partial charge in [-0.25, -0.2) is 4.98 Å². The number of nitrogens with one attached hydrogen (secondary N) is 1. The lowest BCUT2D eigenvalue weighted by Crippen LogP contribution is -2.27. The molecule has 0 aliphatic carbocycles. The third-order valence-electron chi connectivity index (χ3n) is 3.95. The van der Waals surface area contributed by atoms with Crippen molar-refractivity contribution in [1.82, 2.24) is 14.9 Å². The fourth-order valence-corrected chi connectivity index (χ4v) is 5.29. The molecular weight excluding hydrogens is 386 g/mol. The quantitative estimate of drug-likeness (QED) is 0.345.